The van der Waals surface area contributed by atoms with Gasteiger partial charge in [0.1, 0.15) is 18.1 Å². The number of amides is 1. The Bertz CT molecular complexity index is 1360. The smallest absolute Gasteiger partial charge is 0.416 e. The van der Waals surface area contributed by atoms with Crippen molar-refractivity contribution in [2.45, 2.75) is 33.2 Å². The van der Waals surface area contributed by atoms with Gasteiger partial charge in [-0.25, -0.2) is 0 Å². The fraction of sp³-hybridized carbons (Fsp3) is 0.200. The first-order valence-electron chi connectivity index (χ1n) is 10.6. The molecular formula is C25H21ClF3N3O3. The monoisotopic (exact) mass is 503 g/mol. The van der Waals surface area contributed by atoms with Crippen molar-refractivity contribution in [2.24, 2.45) is 0 Å². The Kier molecular flexibility index (Phi) is 6.88. The molecule has 10 heteroatoms. The van der Waals surface area contributed by atoms with Crippen molar-refractivity contribution < 1.29 is 27.1 Å². The summed E-state index contributed by atoms with van der Waals surface area (Å²) in [5.74, 6) is 0.920. The van der Waals surface area contributed by atoms with E-state index in [1.165, 1.54) is 16.8 Å². The van der Waals surface area contributed by atoms with Crippen LogP contribution in [0.1, 0.15) is 38.7 Å². The number of nitrogens with one attached hydrogen (secondary N) is 1. The number of carbonyl (C=O) groups is 1. The Morgan fingerprint density at radius 2 is 1.91 bits per heavy atom. The third kappa shape index (κ3) is 6.05. The molecule has 35 heavy (non-hydrogen) atoms. The maximum atomic E-state index is 13.0. The normalized spacial score (nSPS) is 11.5. The lowest BCUT2D eigenvalue weighted by molar-refractivity contribution is -0.137. The van der Waals surface area contributed by atoms with Crippen LogP contribution in [0.5, 0.6) is 5.75 Å². The van der Waals surface area contributed by atoms with Crippen molar-refractivity contribution in [3.63, 3.8) is 0 Å². The van der Waals surface area contributed by atoms with Crippen LogP contribution in [0.3, 0.4) is 0 Å². The summed E-state index contributed by atoms with van der Waals surface area (Å²) in [4.78, 5) is 12.6. The molecule has 0 bridgehead atoms. The largest absolute Gasteiger partial charge is 0.485 e. The summed E-state index contributed by atoms with van der Waals surface area (Å²) in [5, 5.41) is 7.54. The minimum atomic E-state index is -4.42. The van der Waals surface area contributed by atoms with E-state index in [1.54, 1.807) is 43.3 Å². The van der Waals surface area contributed by atoms with E-state index in [9.17, 15) is 18.0 Å². The minimum Gasteiger partial charge on any atom is -0.485 e. The number of hydrogen-bond donors (Lipinski definition) is 1. The zero-order valence-electron chi connectivity index (χ0n) is 18.8. The van der Waals surface area contributed by atoms with Crippen LogP contribution in [0.2, 0.25) is 5.02 Å². The molecular weight excluding hydrogens is 483 g/mol. The molecule has 0 radical (unpaired) electrons. The SMILES string of the molecule is Cc1cc(Cl)ccc1OCc1ccc(C(=O)Nc2cc(C)n(Cc3cccc(C(F)(F)F)c3)n2)o1. The number of ether oxygens (including phenoxy) is 1. The first-order valence-corrected chi connectivity index (χ1v) is 11.0. The number of alkyl halides is 3. The molecule has 0 saturated carbocycles. The van der Waals surface area contributed by atoms with Crippen molar-refractivity contribution >= 4 is 23.3 Å². The van der Waals surface area contributed by atoms with Crippen LogP contribution in [0.4, 0.5) is 19.0 Å². The quantitative estimate of drug-likeness (QED) is 0.307. The van der Waals surface area contributed by atoms with Gasteiger partial charge >= 0.3 is 6.18 Å². The highest BCUT2D eigenvalue weighted by Crippen LogP contribution is 2.30. The van der Waals surface area contributed by atoms with Gasteiger partial charge < -0.3 is 14.5 Å². The van der Waals surface area contributed by atoms with Crippen LogP contribution >= 0.6 is 11.6 Å². The molecule has 0 atom stereocenters. The Labute approximate surface area is 204 Å². The molecule has 0 unspecified atom stereocenters. The van der Waals surface area contributed by atoms with Gasteiger partial charge in [0.25, 0.3) is 5.91 Å². The highest BCUT2D eigenvalue weighted by Gasteiger charge is 2.30. The molecule has 2 aromatic carbocycles. The second kappa shape index (κ2) is 9.87. The van der Waals surface area contributed by atoms with Gasteiger partial charge in [0, 0.05) is 16.8 Å². The second-order valence-electron chi connectivity index (χ2n) is 7.95. The molecule has 0 fully saturated rings. The van der Waals surface area contributed by atoms with E-state index in [4.69, 9.17) is 20.8 Å². The van der Waals surface area contributed by atoms with Gasteiger partial charge in [0.2, 0.25) is 0 Å². The summed E-state index contributed by atoms with van der Waals surface area (Å²) in [6.07, 6.45) is -4.42. The topological polar surface area (TPSA) is 69.3 Å². The lowest BCUT2D eigenvalue weighted by atomic mass is 10.1. The molecule has 2 heterocycles. The number of aryl methyl sites for hydroxylation is 2. The van der Waals surface area contributed by atoms with Crippen molar-refractivity contribution in [1.29, 1.82) is 0 Å². The van der Waals surface area contributed by atoms with Gasteiger partial charge in [-0.15, -0.1) is 0 Å². The average molecular weight is 504 g/mol. The predicted octanol–water partition coefficient (Wildman–Crippen LogP) is 6.64. The molecule has 2 aromatic heterocycles. The van der Waals surface area contributed by atoms with Gasteiger partial charge in [0.05, 0.1) is 12.1 Å². The number of benzene rings is 2. The third-order valence-corrected chi connectivity index (χ3v) is 5.44. The molecule has 4 aromatic rings. The Hall–Kier alpha value is -3.72. The zero-order valence-corrected chi connectivity index (χ0v) is 19.6. The fourth-order valence-corrected chi connectivity index (χ4v) is 3.66. The molecule has 1 N–H and O–H groups in total. The number of hydrogen-bond acceptors (Lipinski definition) is 4. The van der Waals surface area contributed by atoms with Crippen molar-refractivity contribution in [1.82, 2.24) is 9.78 Å². The van der Waals surface area contributed by atoms with Crippen LogP contribution < -0.4 is 10.1 Å². The number of furan rings is 1. The highest BCUT2D eigenvalue weighted by molar-refractivity contribution is 6.30. The number of rotatable bonds is 7. The molecule has 0 aliphatic carbocycles. The van der Waals surface area contributed by atoms with Crippen molar-refractivity contribution in [3.05, 3.63) is 99.6 Å². The summed E-state index contributed by atoms with van der Waals surface area (Å²) in [5.41, 5.74) is 1.26. The molecule has 6 nitrogen and oxygen atoms in total. The van der Waals surface area contributed by atoms with E-state index >= 15 is 0 Å². The summed E-state index contributed by atoms with van der Waals surface area (Å²) < 4.78 is 51.7. The molecule has 0 aliphatic rings. The first-order chi connectivity index (χ1) is 16.6. The lowest BCUT2D eigenvalue weighted by Gasteiger charge is -2.09. The van der Waals surface area contributed by atoms with Gasteiger partial charge in [-0.05, 0) is 67.4 Å². The van der Waals surface area contributed by atoms with E-state index in [0.717, 1.165) is 17.7 Å². The maximum Gasteiger partial charge on any atom is 0.416 e. The zero-order chi connectivity index (χ0) is 25.2. The van der Waals surface area contributed by atoms with Crippen LogP contribution in [0, 0.1) is 13.8 Å². The predicted molar refractivity (Wildman–Crippen MR) is 125 cm³/mol. The molecule has 1 amide bonds. The summed E-state index contributed by atoms with van der Waals surface area (Å²) >= 11 is 5.95. The third-order valence-electron chi connectivity index (χ3n) is 5.20. The van der Waals surface area contributed by atoms with Crippen molar-refractivity contribution in [3.8, 4) is 5.75 Å². The molecule has 4 rings (SSSR count). The number of anilines is 1. The van der Waals surface area contributed by atoms with Crippen LogP contribution in [-0.2, 0) is 19.3 Å². The fourth-order valence-electron chi connectivity index (χ4n) is 3.43. The maximum absolute atomic E-state index is 13.0. The first kappa shape index (κ1) is 24.4. The Morgan fingerprint density at radius 1 is 1.11 bits per heavy atom. The molecule has 0 saturated heterocycles. The van der Waals surface area contributed by atoms with Crippen LogP contribution in [0.25, 0.3) is 0 Å². The van der Waals surface area contributed by atoms with E-state index in [0.29, 0.717) is 27.8 Å². The van der Waals surface area contributed by atoms with Crippen molar-refractivity contribution in [2.75, 3.05) is 5.32 Å². The highest BCUT2D eigenvalue weighted by atomic mass is 35.5. The van der Waals surface area contributed by atoms with Gasteiger partial charge in [-0.2, -0.15) is 18.3 Å². The summed E-state index contributed by atoms with van der Waals surface area (Å²) in [6.45, 7) is 3.87. The van der Waals surface area contributed by atoms with Gasteiger partial charge in [0.15, 0.2) is 11.6 Å². The number of aromatic nitrogens is 2. The Morgan fingerprint density at radius 3 is 2.66 bits per heavy atom. The number of nitrogens with zero attached hydrogens (tertiary/aromatic N) is 2. The van der Waals surface area contributed by atoms with Gasteiger partial charge in [-0.1, -0.05) is 23.7 Å². The van der Waals surface area contributed by atoms with E-state index in [2.05, 4.69) is 10.4 Å². The molecule has 0 aliphatic heterocycles. The summed E-state index contributed by atoms with van der Waals surface area (Å²) in [7, 11) is 0. The molecule has 0 spiro atoms. The van der Waals surface area contributed by atoms with Crippen LogP contribution in [0.15, 0.2) is 65.1 Å². The van der Waals surface area contributed by atoms with E-state index in [1.807, 2.05) is 6.92 Å². The molecule has 182 valence electrons. The Balaban J connectivity index is 1.38. The average Bonchev–Trinajstić information content (AvgIpc) is 3.39. The lowest BCUT2D eigenvalue weighted by Crippen LogP contribution is -2.12. The second-order valence-corrected chi connectivity index (χ2v) is 8.38. The number of carbonyl (C=O) groups excluding carboxylic acids is 1. The standard InChI is InChI=1S/C25H21ClF3N3O3/c1-15-10-19(26)6-8-21(15)34-14-20-7-9-22(35-20)24(33)30-23-11-16(2)32(31-23)13-17-4-3-5-18(12-17)25(27,28)29/h3-12H,13-14H2,1-2H3,(H,30,31,33). The summed E-state index contributed by atoms with van der Waals surface area (Å²) in [6, 6.07) is 15.1. The van der Waals surface area contributed by atoms with Crippen LogP contribution in [-0.4, -0.2) is 15.7 Å². The van der Waals surface area contributed by atoms with E-state index in [-0.39, 0.29) is 24.7 Å². The van der Waals surface area contributed by atoms with E-state index < -0.39 is 17.6 Å². The number of halogens is 4. The van der Waals surface area contributed by atoms with Gasteiger partial charge in [-0.3, -0.25) is 9.48 Å². The minimum absolute atomic E-state index is 0.0708.